The SMILES string of the molecule is CCC1=C(C(=O)OC)C(c2ccccc2)N2C(CC(=O)NCCc3c[nH]c4ccccc34)=CSC2=N1. The van der Waals surface area contributed by atoms with Gasteiger partial charge in [0.05, 0.1) is 30.8 Å². The number of H-pyrrole nitrogens is 1. The molecule has 0 radical (unpaired) electrons. The molecule has 7 nitrogen and oxygen atoms in total. The quantitative estimate of drug-likeness (QED) is 0.423. The lowest BCUT2D eigenvalue weighted by molar-refractivity contribution is -0.136. The van der Waals surface area contributed by atoms with Gasteiger partial charge in [-0.1, -0.05) is 67.2 Å². The first-order valence-corrected chi connectivity index (χ1v) is 12.9. The van der Waals surface area contributed by atoms with Crippen molar-refractivity contribution in [3.8, 4) is 0 Å². The number of ether oxygens (including phenoxy) is 1. The number of aromatic nitrogens is 1. The lowest BCUT2D eigenvalue weighted by atomic mass is 9.93. The summed E-state index contributed by atoms with van der Waals surface area (Å²) in [5.41, 5.74) is 5.27. The average Bonchev–Trinajstić information content (AvgIpc) is 3.51. The van der Waals surface area contributed by atoms with Crippen LogP contribution in [0.3, 0.4) is 0 Å². The van der Waals surface area contributed by atoms with Crippen LogP contribution in [-0.4, -0.2) is 40.6 Å². The van der Waals surface area contributed by atoms with E-state index in [0.29, 0.717) is 24.2 Å². The topological polar surface area (TPSA) is 86.8 Å². The Morgan fingerprint density at radius 3 is 2.69 bits per heavy atom. The smallest absolute Gasteiger partial charge is 0.338 e. The number of methoxy groups -OCH3 is 1. The lowest BCUT2D eigenvalue weighted by Crippen LogP contribution is -2.38. The Hall–Kier alpha value is -3.78. The van der Waals surface area contributed by atoms with Gasteiger partial charge in [-0.15, -0.1) is 0 Å². The summed E-state index contributed by atoms with van der Waals surface area (Å²) in [4.78, 5) is 35.9. The van der Waals surface area contributed by atoms with Crippen molar-refractivity contribution >= 4 is 39.7 Å². The first kappa shape index (κ1) is 23.9. The number of thioether (sulfide) groups is 1. The van der Waals surface area contributed by atoms with E-state index in [2.05, 4.69) is 16.4 Å². The molecule has 1 unspecified atom stereocenters. The minimum atomic E-state index is -0.402. The first-order valence-electron chi connectivity index (χ1n) is 12.0. The number of carbonyl (C=O) groups is 2. The number of nitrogens with one attached hydrogen (secondary N) is 2. The van der Waals surface area contributed by atoms with Gasteiger partial charge in [0.1, 0.15) is 0 Å². The van der Waals surface area contributed by atoms with E-state index in [-0.39, 0.29) is 12.3 Å². The van der Waals surface area contributed by atoms with Gasteiger partial charge in [0.25, 0.3) is 0 Å². The Morgan fingerprint density at radius 2 is 1.92 bits per heavy atom. The van der Waals surface area contributed by atoms with Crippen molar-refractivity contribution in [2.24, 2.45) is 4.99 Å². The molecule has 0 saturated heterocycles. The van der Waals surface area contributed by atoms with Gasteiger partial charge in [-0.25, -0.2) is 9.79 Å². The molecule has 36 heavy (non-hydrogen) atoms. The van der Waals surface area contributed by atoms with Gasteiger partial charge in [-0.3, -0.25) is 4.79 Å². The van der Waals surface area contributed by atoms with Gasteiger partial charge in [0, 0.05) is 29.3 Å². The number of allylic oxidation sites excluding steroid dienone is 1. The highest BCUT2D eigenvalue weighted by Gasteiger charge is 2.41. The van der Waals surface area contributed by atoms with Crippen LogP contribution in [0.5, 0.6) is 0 Å². The van der Waals surface area contributed by atoms with Crippen molar-refractivity contribution in [3.63, 3.8) is 0 Å². The molecule has 0 aliphatic carbocycles. The predicted molar refractivity (Wildman–Crippen MR) is 143 cm³/mol. The number of carbonyl (C=O) groups excluding carboxylic acids is 2. The second-order valence-corrected chi connectivity index (χ2v) is 9.48. The van der Waals surface area contributed by atoms with Crippen molar-refractivity contribution < 1.29 is 14.3 Å². The number of amidine groups is 1. The van der Waals surface area contributed by atoms with E-state index in [1.807, 2.05) is 72.0 Å². The summed E-state index contributed by atoms with van der Waals surface area (Å²) < 4.78 is 5.16. The fraction of sp³-hybridized carbons (Fsp3) is 0.250. The number of hydrogen-bond donors (Lipinski definition) is 2. The predicted octanol–water partition coefficient (Wildman–Crippen LogP) is 5.05. The van der Waals surface area contributed by atoms with E-state index in [0.717, 1.165) is 28.4 Å². The molecule has 1 atom stereocenters. The molecule has 0 spiro atoms. The lowest BCUT2D eigenvalue weighted by Gasteiger charge is -2.36. The summed E-state index contributed by atoms with van der Waals surface area (Å²) in [6, 6.07) is 17.6. The van der Waals surface area contributed by atoms with Gasteiger partial charge in [-0.05, 0) is 35.4 Å². The molecule has 1 aromatic heterocycles. The van der Waals surface area contributed by atoms with Crippen molar-refractivity contribution in [1.29, 1.82) is 0 Å². The minimum Gasteiger partial charge on any atom is -0.466 e. The third kappa shape index (κ3) is 4.56. The molecule has 2 aliphatic heterocycles. The molecule has 184 valence electrons. The molecule has 5 rings (SSSR count). The highest BCUT2D eigenvalue weighted by molar-refractivity contribution is 8.16. The van der Waals surface area contributed by atoms with E-state index in [1.165, 1.54) is 29.8 Å². The molecule has 0 bridgehead atoms. The molecule has 2 aliphatic rings. The summed E-state index contributed by atoms with van der Waals surface area (Å²) >= 11 is 1.48. The summed E-state index contributed by atoms with van der Waals surface area (Å²) in [6.07, 6.45) is 3.54. The van der Waals surface area contributed by atoms with Crippen molar-refractivity contribution in [3.05, 3.63) is 94.3 Å². The third-order valence-electron chi connectivity index (χ3n) is 6.48. The fourth-order valence-corrected chi connectivity index (χ4v) is 5.70. The number of fused-ring (bicyclic) bond motifs is 2. The average molecular weight is 501 g/mol. The van der Waals surface area contributed by atoms with Crippen LogP contribution >= 0.6 is 11.8 Å². The molecule has 3 heterocycles. The van der Waals surface area contributed by atoms with Gasteiger partial charge in [-0.2, -0.15) is 0 Å². The first-order chi connectivity index (χ1) is 17.6. The van der Waals surface area contributed by atoms with E-state index in [9.17, 15) is 9.59 Å². The second kappa shape index (κ2) is 10.5. The maximum absolute atomic E-state index is 13.0. The number of nitrogens with zero attached hydrogens (tertiary/aromatic N) is 2. The number of rotatable bonds is 8. The summed E-state index contributed by atoms with van der Waals surface area (Å²) in [5, 5.41) is 6.96. The van der Waals surface area contributed by atoms with Gasteiger partial charge in [0.15, 0.2) is 5.17 Å². The molecule has 0 saturated carbocycles. The van der Waals surface area contributed by atoms with Crippen LogP contribution in [0.15, 0.2) is 88.2 Å². The van der Waals surface area contributed by atoms with Crippen LogP contribution in [0.25, 0.3) is 10.9 Å². The number of para-hydroxylation sites is 1. The van der Waals surface area contributed by atoms with Crippen LogP contribution in [-0.2, 0) is 20.7 Å². The third-order valence-corrected chi connectivity index (χ3v) is 7.37. The van der Waals surface area contributed by atoms with Gasteiger partial charge in [0.2, 0.25) is 5.91 Å². The Bertz CT molecular complexity index is 1390. The Morgan fingerprint density at radius 1 is 1.14 bits per heavy atom. The summed E-state index contributed by atoms with van der Waals surface area (Å²) in [6.45, 7) is 2.52. The molecule has 0 fully saturated rings. The zero-order chi connectivity index (χ0) is 25.1. The number of amides is 1. The van der Waals surface area contributed by atoms with Gasteiger partial charge < -0.3 is 19.9 Å². The Labute approximate surface area is 214 Å². The summed E-state index contributed by atoms with van der Waals surface area (Å²) in [7, 11) is 1.39. The number of hydrogen-bond acceptors (Lipinski definition) is 6. The van der Waals surface area contributed by atoms with Crippen LogP contribution in [0.2, 0.25) is 0 Å². The highest BCUT2D eigenvalue weighted by Crippen LogP contribution is 2.45. The van der Waals surface area contributed by atoms with Crippen LogP contribution in [0.4, 0.5) is 0 Å². The van der Waals surface area contributed by atoms with Gasteiger partial charge >= 0.3 is 5.97 Å². The second-order valence-electron chi connectivity index (χ2n) is 8.65. The maximum Gasteiger partial charge on any atom is 0.338 e. The summed E-state index contributed by atoms with van der Waals surface area (Å²) in [5.74, 6) is -0.470. The fourth-order valence-electron chi connectivity index (χ4n) is 4.77. The largest absolute Gasteiger partial charge is 0.466 e. The normalized spacial score (nSPS) is 17.1. The molecule has 1 amide bonds. The van der Waals surface area contributed by atoms with Crippen molar-refractivity contribution in [2.75, 3.05) is 13.7 Å². The van der Waals surface area contributed by atoms with E-state index < -0.39 is 12.0 Å². The number of aromatic amines is 1. The number of esters is 1. The van der Waals surface area contributed by atoms with Crippen LogP contribution < -0.4 is 5.32 Å². The van der Waals surface area contributed by atoms with Crippen molar-refractivity contribution in [1.82, 2.24) is 15.2 Å². The zero-order valence-electron chi connectivity index (χ0n) is 20.3. The highest BCUT2D eigenvalue weighted by atomic mass is 32.2. The van der Waals surface area contributed by atoms with Crippen molar-refractivity contribution in [2.45, 2.75) is 32.2 Å². The van der Waals surface area contributed by atoms with Crippen LogP contribution in [0.1, 0.15) is 36.9 Å². The minimum absolute atomic E-state index is 0.0698. The molecular weight excluding hydrogens is 472 g/mol. The van der Waals surface area contributed by atoms with E-state index in [4.69, 9.17) is 9.73 Å². The van der Waals surface area contributed by atoms with Crippen LogP contribution in [0, 0.1) is 0 Å². The molecule has 2 N–H and O–H groups in total. The molecule has 8 heteroatoms. The number of aliphatic imine (C=N–C) groups is 1. The standard InChI is InChI=1S/C28H28N4O3S/c1-3-22-25(27(34)35-2)26(18-9-5-4-6-10-18)32-20(17-36-28(32)31-22)15-24(33)29-14-13-19-16-30-23-12-8-7-11-21(19)23/h4-12,16-17,26,30H,3,13-15H2,1-2H3,(H,29,33). The zero-order valence-corrected chi connectivity index (χ0v) is 21.1. The monoisotopic (exact) mass is 500 g/mol. The molecular formula is C28H28N4O3S. The number of benzene rings is 2. The molecule has 2 aromatic carbocycles. The Balaban J connectivity index is 1.33. The van der Waals surface area contributed by atoms with E-state index >= 15 is 0 Å². The Kier molecular flexibility index (Phi) is 6.95. The van der Waals surface area contributed by atoms with E-state index in [1.54, 1.807) is 0 Å². The molecule has 3 aromatic rings. The maximum atomic E-state index is 13.0.